The zero-order valence-corrected chi connectivity index (χ0v) is 12.0. The van der Waals surface area contributed by atoms with E-state index < -0.39 is 0 Å². The first-order valence-corrected chi connectivity index (χ1v) is 6.96. The first-order chi connectivity index (χ1) is 8.72. The topological polar surface area (TPSA) is 44.4 Å². The van der Waals surface area contributed by atoms with E-state index in [0.717, 1.165) is 29.7 Å². The number of halogens is 1. The van der Waals surface area contributed by atoms with Gasteiger partial charge < -0.3 is 15.5 Å². The van der Waals surface area contributed by atoms with Crippen LogP contribution in [-0.4, -0.2) is 38.6 Å². The molecule has 1 amide bonds. The van der Waals surface area contributed by atoms with Crippen molar-refractivity contribution in [2.24, 2.45) is 0 Å². The monoisotopic (exact) mass is 311 g/mol. The van der Waals surface area contributed by atoms with Crippen molar-refractivity contribution in [1.29, 1.82) is 0 Å². The lowest BCUT2D eigenvalue weighted by molar-refractivity contribution is -0.123. The van der Waals surface area contributed by atoms with Gasteiger partial charge in [-0.3, -0.25) is 4.79 Å². The van der Waals surface area contributed by atoms with Crippen molar-refractivity contribution >= 4 is 27.5 Å². The molecule has 1 heterocycles. The lowest BCUT2D eigenvalue weighted by Crippen LogP contribution is -2.56. The van der Waals surface area contributed by atoms with Crippen molar-refractivity contribution in [3.05, 3.63) is 28.7 Å². The Morgan fingerprint density at radius 2 is 2.39 bits per heavy atom. The fourth-order valence-electron chi connectivity index (χ4n) is 2.25. The van der Waals surface area contributed by atoms with Crippen LogP contribution < -0.4 is 15.5 Å². The minimum absolute atomic E-state index is 0.0829. The van der Waals surface area contributed by atoms with Crippen LogP contribution in [0.25, 0.3) is 0 Å². The largest absolute Gasteiger partial charge is 0.358 e. The summed E-state index contributed by atoms with van der Waals surface area (Å²) in [6.07, 6.45) is 0.814. The van der Waals surface area contributed by atoms with Crippen molar-refractivity contribution in [2.75, 3.05) is 31.6 Å². The van der Waals surface area contributed by atoms with E-state index in [1.54, 1.807) is 0 Å². The molecule has 0 aromatic heterocycles. The van der Waals surface area contributed by atoms with Crippen LogP contribution in [0.2, 0.25) is 0 Å². The van der Waals surface area contributed by atoms with Crippen molar-refractivity contribution < 1.29 is 4.79 Å². The first-order valence-electron chi connectivity index (χ1n) is 6.17. The van der Waals surface area contributed by atoms with Crippen LogP contribution in [0, 0.1) is 0 Å². The third kappa shape index (κ3) is 3.03. The summed E-state index contributed by atoms with van der Waals surface area (Å²) < 4.78 is 1.04. The summed E-state index contributed by atoms with van der Waals surface area (Å²) in [6.45, 7) is 2.40. The number of hydrogen-bond acceptors (Lipinski definition) is 3. The maximum absolute atomic E-state index is 12.0. The molecule has 2 rings (SSSR count). The summed E-state index contributed by atoms with van der Waals surface area (Å²) in [5.74, 6) is 0.122. The molecule has 1 fully saturated rings. The van der Waals surface area contributed by atoms with Gasteiger partial charge in [-0.2, -0.15) is 0 Å². The van der Waals surface area contributed by atoms with Crippen molar-refractivity contribution in [1.82, 2.24) is 10.6 Å². The average Bonchev–Trinajstić information content (AvgIpc) is 2.37. The summed E-state index contributed by atoms with van der Waals surface area (Å²) in [7, 11) is 1.91. The molecular weight excluding hydrogens is 294 g/mol. The van der Waals surface area contributed by atoms with Crippen molar-refractivity contribution in [3.8, 4) is 0 Å². The Labute approximate surface area is 116 Å². The highest BCUT2D eigenvalue weighted by atomic mass is 79.9. The van der Waals surface area contributed by atoms with Crippen molar-refractivity contribution in [3.63, 3.8) is 0 Å². The second-order valence-corrected chi connectivity index (χ2v) is 5.29. The number of nitrogens with one attached hydrogen (secondary N) is 2. The molecule has 1 aromatic carbocycles. The molecule has 1 atom stereocenters. The van der Waals surface area contributed by atoms with Gasteiger partial charge >= 0.3 is 0 Å². The highest BCUT2D eigenvalue weighted by molar-refractivity contribution is 9.10. The minimum Gasteiger partial charge on any atom is -0.358 e. The standard InChI is InChI=1S/C13H18BrN3O/c1-15-6-5-12-13(18)16-7-8-17(12)11-4-2-3-10(14)9-11/h2-4,9,12,15H,5-8H2,1H3,(H,16,18). The number of benzene rings is 1. The number of carbonyl (C=O) groups excluding carboxylic acids is 1. The molecule has 18 heavy (non-hydrogen) atoms. The molecule has 4 nitrogen and oxygen atoms in total. The Morgan fingerprint density at radius 3 is 3.11 bits per heavy atom. The second-order valence-electron chi connectivity index (χ2n) is 4.37. The molecule has 2 N–H and O–H groups in total. The van der Waals surface area contributed by atoms with E-state index >= 15 is 0 Å². The zero-order valence-electron chi connectivity index (χ0n) is 10.4. The zero-order chi connectivity index (χ0) is 13.0. The van der Waals surface area contributed by atoms with Gasteiger partial charge in [0.1, 0.15) is 6.04 Å². The lowest BCUT2D eigenvalue weighted by Gasteiger charge is -2.37. The third-order valence-corrected chi connectivity index (χ3v) is 3.63. The highest BCUT2D eigenvalue weighted by Gasteiger charge is 2.29. The van der Waals surface area contributed by atoms with Crippen LogP contribution in [0.5, 0.6) is 0 Å². The molecule has 98 valence electrons. The Kier molecular flexibility index (Phi) is 4.60. The summed E-state index contributed by atoms with van der Waals surface area (Å²) >= 11 is 3.48. The number of amides is 1. The molecule has 1 aliphatic rings. The maximum Gasteiger partial charge on any atom is 0.242 e. The van der Waals surface area contributed by atoms with Crippen LogP contribution in [0.3, 0.4) is 0 Å². The molecule has 0 aliphatic carbocycles. The number of anilines is 1. The van der Waals surface area contributed by atoms with Crippen molar-refractivity contribution in [2.45, 2.75) is 12.5 Å². The van der Waals surface area contributed by atoms with Gasteiger partial charge in [-0.05, 0) is 38.2 Å². The van der Waals surface area contributed by atoms with E-state index in [0.29, 0.717) is 6.54 Å². The molecule has 0 saturated carbocycles. The molecule has 0 radical (unpaired) electrons. The average molecular weight is 312 g/mol. The van der Waals surface area contributed by atoms with Gasteiger partial charge in [0.05, 0.1) is 0 Å². The van der Waals surface area contributed by atoms with Gasteiger partial charge in [0.2, 0.25) is 5.91 Å². The summed E-state index contributed by atoms with van der Waals surface area (Å²) in [5, 5.41) is 6.04. The molecule has 5 heteroatoms. The number of hydrogen-bond donors (Lipinski definition) is 2. The smallest absolute Gasteiger partial charge is 0.242 e. The lowest BCUT2D eigenvalue weighted by atomic mass is 10.1. The molecule has 1 aliphatic heterocycles. The molecule has 1 aromatic rings. The Morgan fingerprint density at radius 1 is 1.56 bits per heavy atom. The van der Waals surface area contributed by atoms with E-state index in [1.807, 2.05) is 19.2 Å². The van der Waals surface area contributed by atoms with Crippen LogP contribution >= 0.6 is 15.9 Å². The second kappa shape index (κ2) is 6.20. The first kappa shape index (κ1) is 13.4. The maximum atomic E-state index is 12.0. The molecule has 0 spiro atoms. The van der Waals surface area contributed by atoms with Crippen LogP contribution in [-0.2, 0) is 4.79 Å². The number of piperazine rings is 1. The minimum atomic E-state index is -0.0829. The summed E-state index contributed by atoms with van der Waals surface area (Å²) in [5.41, 5.74) is 1.10. The van der Waals surface area contributed by atoms with Gasteiger partial charge in [-0.25, -0.2) is 0 Å². The molecule has 1 unspecified atom stereocenters. The SMILES string of the molecule is CNCCC1C(=O)NCCN1c1cccc(Br)c1. The number of carbonyl (C=O) groups is 1. The van der Waals surface area contributed by atoms with E-state index in [2.05, 4.69) is 43.6 Å². The van der Waals surface area contributed by atoms with Gasteiger partial charge in [0.25, 0.3) is 0 Å². The van der Waals surface area contributed by atoms with Gasteiger partial charge in [0, 0.05) is 23.2 Å². The fraction of sp³-hybridized carbons (Fsp3) is 0.462. The number of nitrogens with zero attached hydrogens (tertiary/aromatic N) is 1. The number of rotatable bonds is 4. The fourth-order valence-corrected chi connectivity index (χ4v) is 2.63. The Bertz CT molecular complexity index is 424. The summed E-state index contributed by atoms with van der Waals surface area (Å²) in [4.78, 5) is 14.2. The van der Waals surface area contributed by atoms with Gasteiger partial charge in [-0.15, -0.1) is 0 Å². The predicted molar refractivity (Wildman–Crippen MR) is 76.8 cm³/mol. The van der Waals surface area contributed by atoms with Gasteiger partial charge in [0.15, 0.2) is 0 Å². The highest BCUT2D eigenvalue weighted by Crippen LogP contribution is 2.23. The van der Waals surface area contributed by atoms with E-state index in [1.165, 1.54) is 0 Å². The summed E-state index contributed by atoms with van der Waals surface area (Å²) in [6, 6.07) is 8.03. The Hall–Kier alpha value is -1.07. The van der Waals surface area contributed by atoms with E-state index in [9.17, 15) is 4.79 Å². The van der Waals surface area contributed by atoms with Gasteiger partial charge in [-0.1, -0.05) is 22.0 Å². The Balaban J connectivity index is 2.19. The van der Waals surface area contributed by atoms with Crippen LogP contribution in [0.1, 0.15) is 6.42 Å². The molecule has 1 saturated heterocycles. The predicted octanol–water partition coefficient (Wildman–Crippen LogP) is 1.36. The quantitative estimate of drug-likeness (QED) is 0.882. The van der Waals surface area contributed by atoms with E-state index in [-0.39, 0.29) is 11.9 Å². The third-order valence-electron chi connectivity index (χ3n) is 3.14. The van der Waals surface area contributed by atoms with Crippen LogP contribution in [0.15, 0.2) is 28.7 Å². The van der Waals surface area contributed by atoms with E-state index in [4.69, 9.17) is 0 Å². The molecular formula is C13H18BrN3O. The van der Waals surface area contributed by atoms with Crippen LogP contribution in [0.4, 0.5) is 5.69 Å². The molecule has 0 bridgehead atoms. The normalized spacial score (nSPS) is 19.8.